The molecule has 17 heavy (non-hydrogen) atoms. The van der Waals surface area contributed by atoms with Gasteiger partial charge in [0.2, 0.25) is 0 Å². The molecule has 1 aliphatic heterocycles. The largest absolute Gasteiger partial charge is 0.468 e. The maximum absolute atomic E-state index is 6.00. The molecular weight excluding hydrogens is 216 g/mol. The van der Waals surface area contributed by atoms with Gasteiger partial charge in [-0.3, -0.25) is 4.90 Å². The fourth-order valence-electron chi connectivity index (χ4n) is 2.64. The molecule has 96 valence electrons. The van der Waals surface area contributed by atoms with Crippen LogP contribution in [0.4, 0.5) is 0 Å². The first-order valence-corrected chi connectivity index (χ1v) is 6.21. The molecular formula is C13H22N2O2. The number of nitrogens with zero attached hydrogens (tertiary/aromatic N) is 1. The summed E-state index contributed by atoms with van der Waals surface area (Å²) in [5.41, 5.74) is 6.05. The van der Waals surface area contributed by atoms with Crippen LogP contribution in [0.1, 0.15) is 25.5 Å². The van der Waals surface area contributed by atoms with E-state index >= 15 is 0 Å². The molecule has 2 rings (SSSR count). The third-order valence-electron chi connectivity index (χ3n) is 3.80. The van der Waals surface area contributed by atoms with Crippen molar-refractivity contribution in [1.29, 1.82) is 0 Å². The monoisotopic (exact) mass is 238 g/mol. The van der Waals surface area contributed by atoms with E-state index in [9.17, 15) is 0 Å². The van der Waals surface area contributed by atoms with Crippen LogP contribution >= 0.6 is 0 Å². The molecule has 0 aliphatic carbocycles. The number of ether oxygens (including phenoxy) is 1. The van der Waals surface area contributed by atoms with Crippen LogP contribution in [0.25, 0.3) is 0 Å². The number of nitrogens with two attached hydrogens (primary N) is 1. The average Bonchev–Trinajstić information content (AvgIpc) is 2.81. The van der Waals surface area contributed by atoms with Crippen molar-refractivity contribution in [3.63, 3.8) is 0 Å². The number of hydrogen-bond donors (Lipinski definition) is 1. The summed E-state index contributed by atoms with van der Waals surface area (Å²) in [4.78, 5) is 2.31. The van der Waals surface area contributed by atoms with Gasteiger partial charge in [-0.15, -0.1) is 0 Å². The van der Waals surface area contributed by atoms with Gasteiger partial charge in [-0.1, -0.05) is 0 Å². The molecule has 1 aliphatic rings. The van der Waals surface area contributed by atoms with E-state index in [4.69, 9.17) is 14.9 Å². The Balaban J connectivity index is 2.06. The van der Waals surface area contributed by atoms with Crippen LogP contribution in [-0.2, 0) is 11.3 Å². The predicted molar refractivity (Wildman–Crippen MR) is 66.6 cm³/mol. The van der Waals surface area contributed by atoms with Gasteiger partial charge >= 0.3 is 0 Å². The molecule has 1 aromatic rings. The van der Waals surface area contributed by atoms with Crippen LogP contribution in [0.3, 0.4) is 0 Å². The van der Waals surface area contributed by atoms with Crippen molar-refractivity contribution in [3.05, 3.63) is 24.2 Å². The molecule has 0 amide bonds. The molecule has 4 heteroatoms. The normalized spacial score (nSPS) is 29.8. The molecule has 0 aromatic carbocycles. The summed E-state index contributed by atoms with van der Waals surface area (Å²) in [5, 5.41) is 0. The summed E-state index contributed by atoms with van der Waals surface area (Å²) in [6.45, 7) is 4.37. The number of hydrogen-bond acceptors (Lipinski definition) is 4. The zero-order chi connectivity index (χ0) is 12.3. The van der Waals surface area contributed by atoms with E-state index in [2.05, 4.69) is 18.9 Å². The summed E-state index contributed by atoms with van der Waals surface area (Å²) < 4.78 is 11.0. The Morgan fingerprint density at radius 1 is 1.59 bits per heavy atom. The predicted octanol–water partition coefficient (Wildman–Crippen LogP) is 1.61. The first-order chi connectivity index (χ1) is 8.16. The van der Waals surface area contributed by atoms with Crippen molar-refractivity contribution < 1.29 is 9.15 Å². The third-order valence-corrected chi connectivity index (χ3v) is 3.80. The van der Waals surface area contributed by atoms with E-state index in [1.54, 1.807) is 6.26 Å². The van der Waals surface area contributed by atoms with Crippen molar-refractivity contribution in [2.24, 2.45) is 5.73 Å². The summed E-state index contributed by atoms with van der Waals surface area (Å²) in [5.74, 6) is 0.986. The van der Waals surface area contributed by atoms with Crippen LogP contribution in [0.15, 0.2) is 22.8 Å². The highest BCUT2D eigenvalue weighted by atomic mass is 16.5. The smallest absolute Gasteiger partial charge is 0.117 e. The average molecular weight is 238 g/mol. The molecule has 1 fully saturated rings. The van der Waals surface area contributed by atoms with Crippen LogP contribution < -0.4 is 5.73 Å². The van der Waals surface area contributed by atoms with Crippen LogP contribution in [0.2, 0.25) is 0 Å². The lowest BCUT2D eigenvalue weighted by Crippen LogP contribution is -2.56. The lowest BCUT2D eigenvalue weighted by molar-refractivity contribution is -0.0597. The first kappa shape index (κ1) is 12.6. The zero-order valence-corrected chi connectivity index (χ0v) is 10.7. The molecule has 0 spiro atoms. The summed E-state index contributed by atoms with van der Waals surface area (Å²) >= 11 is 0. The number of likely N-dealkylation sites (N-methyl/N-ethyl adjacent to an activating group) is 1. The Morgan fingerprint density at radius 2 is 2.41 bits per heavy atom. The van der Waals surface area contributed by atoms with Crippen molar-refractivity contribution in [2.45, 2.75) is 38.0 Å². The third kappa shape index (κ3) is 2.70. The maximum atomic E-state index is 6.00. The van der Waals surface area contributed by atoms with Crippen molar-refractivity contribution in [3.8, 4) is 0 Å². The van der Waals surface area contributed by atoms with E-state index in [-0.39, 0.29) is 11.6 Å². The molecule has 0 bridgehead atoms. The second-order valence-electron chi connectivity index (χ2n) is 5.00. The molecule has 2 atom stereocenters. The van der Waals surface area contributed by atoms with Gasteiger partial charge in [0.15, 0.2) is 0 Å². The Kier molecular flexibility index (Phi) is 3.86. The van der Waals surface area contributed by atoms with Crippen LogP contribution in [0, 0.1) is 0 Å². The number of rotatable bonds is 4. The Morgan fingerprint density at radius 3 is 3.00 bits per heavy atom. The quantitative estimate of drug-likeness (QED) is 0.866. The van der Waals surface area contributed by atoms with Crippen LogP contribution in [-0.4, -0.2) is 36.7 Å². The molecule has 2 N–H and O–H groups in total. The highest BCUT2D eigenvalue weighted by Crippen LogP contribution is 2.30. The summed E-state index contributed by atoms with van der Waals surface area (Å²) in [7, 11) is 2.12. The van der Waals surface area contributed by atoms with Crippen molar-refractivity contribution >= 4 is 0 Å². The minimum atomic E-state index is 0.0461. The van der Waals surface area contributed by atoms with E-state index in [0.29, 0.717) is 6.54 Å². The van der Waals surface area contributed by atoms with E-state index in [1.807, 2.05) is 12.1 Å². The van der Waals surface area contributed by atoms with Gasteiger partial charge in [0.25, 0.3) is 0 Å². The fourth-order valence-corrected chi connectivity index (χ4v) is 2.64. The van der Waals surface area contributed by atoms with Gasteiger partial charge in [-0.05, 0) is 38.9 Å². The standard InChI is InChI=1S/C13H22N2O2/c1-11-8-13(10-14,5-7-16-11)15(2)9-12-4-3-6-17-12/h3-4,6,11H,5,7-10,14H2,1-2H3. The Hall–Kier alpha value is -0.840. The lowest BCUT2D eigenvalue weighted by atomic mass is 9.85. The maximum Gasteiger partial charge on any atom is 0.117 e. The lowest BCUT2D eigenvalue weighted by Gasteiger charge is -2.45. The molecule has 0 radical (unpaired) electrons. The fraction of sp³-hybridized carbons (Fsp3) is 0.692. The molecule has 1 aromatic heterocycles. The highest BCUT2D eigenvalue weighted by molar-refractivity contribution is 5.01. The van der Waals surface area contributed by atoms with E-state index < -0.39 is 0 Å². The summed E-state index contributed by atoms with van der Waals surface area (Å²) in [6.07, 6.45) is 3.97. The number of furan rings is 1. The summed E-state index contributed by atoms with van der Waals surface area (Å²) in [6, 6.07) is 3.92. The second-order valence-corrected chi connectivity index (χ2v) is 5.00. The molecule has 2 heterocycles. The first-order valence-electron chi connectivity index (χ1n) is 6.21. The van der Waals surface area contributed by atoms with Gasteiger partial charge in [0, 0.05) is 18.7 Å². The van der Waals surface area contributed by atoms with Crippen LogP contribution in [0.5, 0.6) is 0 Å². The molecule has 1 saturated heterocycles. The molecule has 2 unspecified atom stereocenters. The van der Waals surface area contributed by atoms with Gasteiger partial charge < -0.3 is 14.9 Å². The van der Waals surface area contributed by atoms with Gasteiger partial charge in [-0.25, -0.2) is 0 Å². The SMILES string of the molecule is CC1CC(CN)(N(C)Cc2ccco2)CCO1. The minimum Gasteiger partial charge on any atom is -0.468 e. The van der Waals surface area contributed by atoms with Crippen molar-refractivity contribution in [1.82, 2.24) is 4.90 Å². The molecule has 4 nitrogen and oxygen atoms in total. The van der Waals surface area contributed by atoms with E-state index in [0.717, 1.165) is 31.8 Å². The van der Waals surface area contributed by atoms with Gasteiger partial charge in [0.05, 0.1) is 18.9 Å². The molecule has 0 saturated carbocycles. The zero-order valence-electron chi connectivity index (χ0n) is 10.7. The van der Waals surface area contributed by atoms with Gasteiger partial charge in [-0.2, -0.15) is 0 Å². The minimum absolute atomic E-state index is 0.0461. The second kappa shape index (κ2) is 5.21. The Labute approximate surface area is 103 Å². The highest BCUT2D eigenvalue weighted by Gasteiger charge is 2.38. The van der Waals surface area contributed by atoms with E-state index in [1.165, 1.54) is 0 Å². The van der Waals surface area contributed by atoms with Crippen molar-refractivity contribution in [2.75, 3.05) is 20.2 Å². The topological polar surface area (TPSA) is 51.6 Å². The van der Waals surface area contributed by atoms with Gasteiger partial charge in [0.1, 0.15) is 5.76 Å². The Bertz CT molecular complexity index is 339.